The zero-order chi connectivity index (χ0) is 16.9. The molecule has 0 saturated carbocycles. The minimum Gasteiger partial charge on any atom is -0.341 e. The van der Waals surface area contributed by atoms with E-state index in [9.17, 15) is 4.79 Å². The minimum atomic E-state index is -0.262. The number of nitrogens with one attached hydrogen (secondary N) is 1. The van der Waals surface area contributed by atoms with Crippen LogP contribution in [0.15, 0.2) is 37.2 Å². The van der Waals surface area contributed by atoms with E-state index in [0.29, 0.717) is 24.5 Å². The monoisotopic (exact) mass is 326 g/mol. The molecule has 0 spiro atoms. The highest BCUT2D eigenvalue weighted by atomic mass is 16.2. The van der Waals surface area contributed by atoms with E-state index in [1.54, 1.807) is 27.4 Å². The lowest BCUT2D eigenvalue weighted by atomic mass is 10.2. The summed E-state index contributed by atoms with van der Waals surface area (Å²) in [7, 11) is 0. The molecule has 3 aromatic heterocycles. The number of rotatable bonds is 6. The molecule has 1 atom stereocenters. The van der Waals surface area contributed by atoms with Crippen LogP contribution < -0.4 is 5.32 Å². The van der Waals surface area contributed by atoms with Gasteiger partial charge in [-0.25, -0.2) is 14.6 Å². The molecule has 0 fully saturated rings. The third kappa shape index (κ3) is 3.14. The van der Waals surface area contributed by atoms with E-state index in [1.807, 2.05) is 13.8 Å². The van der Waals surface area contributed by atoms with Gasteiger partial charge in [-0.1, -0.05) is 13.0 Å². The molecule has 0 aliphatic heterocycles. The number of hydrogen-bond donors (Lipinski definition) is 1. The van der Waals surface area contributed by atoms with Crippen molar-refractivity contribution in [3.8, 4) is 5.82 Å². The van der Waals surface area contributed by atoms with Crippen LogP contribution in [-0.2, 0) is 6.54 Å². The van der Waals surface area contributed by atoms with Gasteiger partial charge in [-0.3, -0.25) is 9.36 Å². The van der Waals surface area contributed by atoms with Gasteiger partial charge in [0.1, 0.15) is 36.3 Å². The number of carbonyl (C=O) groups is 1. The molecule has 0 radical (unpaired) electrons. The standard InChI is InChI=1S/C15H18N8O/c1-3-11(14-16-8-19-23(14)4-2)21-15(24)12-6-5-7-13(20-12)22-9-17-18-10-22/h5-11H,3-4H2,1-2H3,(H,21,24)/t11-/m1/s1. The van der Waals surface area contributed by atoms with E-state index < -0.39 is 0 Å². The molecular weight excluding hydrogens is 308 g/mol. The molecule has 1 amide bonds. The summed E-state index contributed by atoms with van der Waals surface area (Å²) in [6.07, 6.45) is 5.26. The maximum absolute atomic E-state index is 12.6. The first-order chi connectivity index (χ1) is 11.7. The number of pyridine rings is 1. The Balaban J connectivity index is 1.80. The number of aromatic nitrogens is 7. The van der Waals surface area contributed by atoms with Gasteiger partial charge in [0.15, 0.2) is 0 Å². The van der Waals surface area contributed by atoms with E-state index in [-0.39, 0.29) is 11.9 Å². The van der Waals surface area contributed by atoms with E-state index in [0.717, 1.165) is 5.82 Å². The van der Waals surface area contributed by atoms with Gasteiger partial charge < -0.3 is 5.32 Å². The molecule has 124 valence electrons. The predicted octanol–water partition coefficient (Wildman–Crippen LogP) is 1.15. The van der Waals surface area contributed by atoms with Gasteiger partial charge in [0.2, 0.25) is 0 Å². The summed E-state index contributed by atoms with van der Waals surface area (Å²) in [5.41, 5.74) is 0.321. The molecule has 0 aliphatic carbocycles. The molecule has 9 nitrogen and oxygen atoms in total. The largest absolute Gasteiger partial charge is 0.341 e. The van der Waals surface area contributed by atoms with Crippen LogP contribution >= 0.6 is 0 Å². The highest BCUT2D eigenvalue weighted by Gasteiger charge is 2.19. The maximum Gasteiger partial charge on any atom is 0.270 e. The van der Waals surface area contributed by atoms with Gasteiger partial charge in [-0.05, 0) is 25.5 Å². The lowest BCUT2D eigenvalue weighted by molar-refractivity contribution is 0.0927. The van der Waals surface area contributed by atoms with Crippen molar-refractivity contribution in [3.63, 3.8) is 0 Å². The number of carbonyl (C=O) groups excluding carboxylic acids is 1. The van der Waals surface area contributed by atoms with Crippen LogP contribution in [0.5, 0.6) is 0 Å². The summed E-state index contributed by atoms with van der Waals surface area (Å²) < 4.78 is 3.41. The summed E-state index contributed by atoms with van der Waals surface area (Å²) in [5.74, 6) is 1.06. The number of amides is 1. The number of aryl methyl sites for hydroxylation is 1. The average Bonchev–Trinajstić information content (AvgIpc) is 3.30. The first-order valence-corrected chi connectivity index (χ1v) is 7.73. The van der Waals surface area contributed by atoms with E-state index in [1.165, 1.54) is 19.0 Å². The minimum absolute atomic E-state index is 0.222. The van der Waals surface area contributed by atoms with Crippen molar-refractivity contribution in [2.75, 3.05) is 0 Å². The van der Waals surface area contributed by atoms with Crippen LogP contribution in [0.1, 0.15) is 42.6 Å². The Hall–Kier alpha value is -3.10. The Kier molecular flexibility index (Phi) is 4.59. The van der Waals surface area contributed by atoms with Gasteiger partial charge in [0.25, 0.3) is 5.91 Å². The molecule has 0 unspecified atom stereocenters. The zero-order valence-electron chi connectivity index (χ0n) is 13.5. The van der Waals surface area contributed by atoms with Gasteiger partial charge >= 0.3 is 0 Å². The smallest absolute Gasteiger partial charge is 0.270 e. The summed E-state index contributed by atoms with van der Waals surface area (Å²) in [4.78, 5) is 21.2. The fourth-order valence-electron chi connectivity index (χ4n) is 2.38. The zero-order valence-corrected chi connectivity index (χ0v) is 13.5. The summed E-state index contributed by atoms with van der Waals surface area (Å²) in [6, 6.07) is 5.00. The maximum atomic E-state index is 12.6. The van der Waals surface area contributed by atoms with Crippen molar-refractivity contribution in [1.82, 2.24) is 39.8 Å². The third-order valence-electron chi connectivity index (χ3n) is 3.62. The van der Waals surface area contributed by atoms with Crippen LogP contribution in [0, 0.1) is 0 Å². The molecule has 9 heteroatoms. The second-order valence-electron chi connectivity index (χ2n) is 5.12. The van der Waals surface area contributed by atoms with Gasteiger partial charge in [-0.2, -0.15) is 5.10 Å². The van der Waals surface area contributed by atoms with Crippen molar-refractivity contribution < 1.29 is 4.79 Å². The van der Waals surface area contributed by atoms with Crippen LogP contribution in [0.2, 0.25) is 0 Å². The number of hydrogen-bond acceptors (Lipinski definition) is 6. The Morgan fingerprint density at radius 3 is 2.75 bits per heavy atom. The Morgan fingerprint density at radius 2 is 2.04 bits per heavy atom. The second-order valence-corrected chi connectivity index (χ2v) is 5.12. The quantitative estimate of drug-likeness (QED) is 0.729. The molecule has 0 aromatic carbocycles. The summed E-state index contributed by atoms with van der Waals surface area (Å²) in [5, 5.41) is 14.6. The predicted molar refractivity (Wildman–Crippen MR) is 85.3 cm³/mol. The van der Waals surface area contributed by atoms with Crippen LogP contribution in [0.3, 0.4) is 0 Å². The van der Waals surface area contributed by atoms with Crippen molar-refractivity contribution >= 4 is 5.91 Å². The third-order valence-corrected chi connectivity index (χ3v) is 3.62. The van der Waals surface area contributed by atoms with Gasteiger partial charge in [0, 0.05) is 6.54 Å². The molecular formula is C15H18N8O. The normalized spacial score (nSPS) is 12.1. The van der Waals surface area contributed by atoms with Crippen molar-refractivity contribution in [3.05, 3.63) is 48.7 Å². The number of nitrogens with zero attached hydrogens (tertiary/aromatic N) is 7. The molecule has 3 heterocycles. The highest BCUT2D eigenvalue weighted by Crippen LogP contribution is 2.14. The lowest BCUT2D eigenvalue weighted by Gasteiger charge is -2.16. The fourth-order valence-corrected chi connectivity index (χ4v) is 2.38. The molecule has 3 aromatic rings. The first kappa shape index (κ1) is 15.8. The van der Waals surface area contributed by atoms with E-state index in [4.69, 9.17) is 0 Å². The Labute approximate surface area is 138 Å². The Morgan fingerprint density at radius 1 is 1.25 bits per heavy atom. The van der Waals surface area contributed by atoms with Crippen LogP contribution in [0.4, 0.5) is 0 Å². The van der Waals surface area contributed by atoms with E-state index >= 15 is 0 Å². The van der Waals surface area contributed by atoms with Gasteiger partial charge in [-0.15, -0.1) is 10.2 Å². The molecule has 24 heavy (non-hydrogen) atoms. The summed E-state index contributed by atoms with van der Waals surface area (Å²) in [6.45, 7) is 4.67. The Bertz CT molecular complexity index is 811. The lowest BCUT2D eigenvalue weighted by Crippen LogP contribution is -2.31. The van der Waals surface area contributed by atoms with Crippen molar-refractivity contribution in [2.45, 2.75) is 32.9 Å². The molecule has 0 bridgehead atoms. The average molecular weight is 326 g/mol. The van der Waals surface area contributed by atoms with Crippen LogP contribution in [0.25, 0.3) is 5.82 Å². The highest BCUT2D eigenvalue weighted by molar-refractivity contribution is 5.92. The van der Waals surface area contributed by atoms with Crippen LogP contribution in [-0.4, -0.2) is 40.4 Å². The topological polar surface area (TPSA) is 103 Å². The fraction of sp³-hybridized carbons (Fsp3) is 0.333. The molecule has 0 saturated heterocycles. The molecule has 3 rings (SSSR count). The first-order valence-electron chi connectivity index (χ1n) is 7.73. The molecule has 0 aliphatic rings. The SMILES string of the molecule is CC[C@@H](NC(=O)c1cccc(-n2cnnc2)n1)c1ncnn1CC. The van der Waals surface area contributed by atoms with Gasteiger partial charge in [0.05, 0.1) is 6.04 Å². The second kappa shape index (κ2) is 6.99. The van der Waals surface area contributed by atoms with Crippen molar-refractivity contribution in [2.24, 2.45) is 0 Å². The van der Waals surface area contributed by atoms with Crippen molar-refractivity contribution in [1.29, 1.82) is 0 Å². The molecule has 1 N–H and O–H groups in total. The summed E-state index contributed by atoms with van der Waals surface area (Å²) >= 11 is 0. The van der Waals surface area contributed by atoms with E-state index in [2.05, 4.69) is 30.6 Å².